The topological polar surface area (TPSA) is 64.0 Å². The molecule has 1 aromatic heterocycles. The van der Waals surface area contributed by atoms with Crippen molar-refractivity contribution < 1.29 is 9.18 Å². The van der Waals surface area contributed by atoms with Gasteiger partial charge in [0, 0.05) is 23.9 Å². The summed E-state index contributed by atoms with van der Waals surface area (Å²) in [6.07, 6.45) is 0. The van der Waals surface area contributed by atoms with Gasteiger partial charge in [0.15, 0.2) is 5.16 Å². The van der Waals surface area contributed by atoms with Crippen molar-refractivity contribution in [2.24, 2.45) is 5.92 Å². The molecule has 5 nitrogen and oxygen atoms in total. The van der Waals surface area contributed by atoms with Crippen LogP contribution in [-0.4, -0.2) is 21.5 Å². The molecule has 30 heavy (non-hydrogen) atoms. The summed E-state index contributed by atoms with van der Waals surface area (Å²) in [7, 11) is 0. The molecule has 0 aliphatic heterocycles. The Morgan fingerprint density at radius 2 is 1.90 bits per heavy atom. The zero-order chi connectivity index (χ0) is 21.8. The molecular formula is C23H26FN3O2S. The number of benzene rings is 2. The predicted molar refractivity (Wildman–Crippen MR) is 119 cm³/mol. The van der Waals surface area contributed by atoms with Crippen molar-refractivity contribution in [2.45, 2.75) is 51.2 Å². The van der Waals surface area contributed by atoms with Crippen LogP contribution in [0.4, 0.5) is 4.39 Å². The van der Waals surface area contributed by atoms with Crippen LogP contribution in [-0.2, 0) is 12.3 Å². The minimum atomic E-state index is -0.281. The van der Waals surface area contributed by atoms with Crippen LogP contribution >= 0.6 is 11.8 Å². The lowest BCUT2D eigenvalue weighted by atomic mass is 10.1. The first kappa shape index (κ1) is 22.0. The minimum absolute atomic E-state index is 0.00656. The highest BCUT2D eigenvalue weighted by Crippen LogP contribution is 2.24. The van der Waals surface area contributed by atoms with Crippen LogP contribution in [0.15, 0.2) is 52.4 Å². The molecule has 3 aromatic rings. The summed E-state index contributed by atoms with van der Waals surface area (Å²) < 4.78 is 15.7. The SMILES string of the molecule is CC(C)Cn1c(SCc2ccccc2F)nc2cc(C(=O)NC(C)C)ccc2c1=O. The van der Waals surface area contributed by atoms with E-state index in [9.17, 15) is 14.0 Å². The molecule has 0 bridgehead atoms. The molecule has 0 atom stereocenters. The average molecular weight is 428 g/mol. The second kappa shape index (κ2) is 9.43. The molecule has 0 spiro atoms. The van der Waals surface area contributed by atoms with Gasteiger partial charge in [-0.15, -0.1) is 0 Å². The number of carbonyl (C=O) groups is 1. The molecule has 158 valence electrons. The van der Waals surface area contributed by atoms with Gasteiger partial charge in [0.25, 0.3) is 11.5 Å². The van der Waals surface area contributed by atoms with Crippen LogP contribution < -0.4 is 10.9 Å². The fraction of sp³-hybridized carbons (Fsp3) is 0.348. The van der Waals surface area contributed by atoms with Gasteiger partial charge >= 0.3 is 0 Å². The van der Waals surface area contributed by atoms with Crippen molar-refractivity contribution in [3.63, 3.8) is 0 Å². The van der Waals surface area contributed by atoms with Crippen molar-refractivity contribution in [1.29, 1.82) is 0 Å². The van der Waals surface area contributed by atoms with E-state index in [-0.39, 0.29) is 29.2 Å². The van der Waals surface area contributed by atoms with Gasteiger partial charge in [0.2, 0.25) is 0 Å². The van der Waals surface area contributed by atoms with Crippen LogP contribution in [0.2, 0.25) is 0 Å². The van der Waals surface area contributed by atoms with Gasteiger partial charge in [-0.3, -0.25) is 14.2 Å². The number of halogens is 1. The van der Waals surface area contributed by atoms with E-state index in [2.05, 4.69) is 10.3 Å². The number of amides is 1. The standard InChI is InChI=1S/C23H26FN3O2S/c1-14(2)12-27-22(29)18-10-9-16(21(28)25-15(3)4)11-20(18)26-23(27)30-13-17-7-5-6-8-19(17)24/h5-11,14-15H,12-13H2,1-4H3,(H,25,28). The summed E-state index contributed by atoms with van der Waals surface area (Å²) in [5.41, 5.74) is 1.32. The predicted octanol–water partition coefficient (Wildman–Crippen LogP) is 4.62. The third kappa shape index (κ3) is 5.08. The summed E-state index contributed by atoms with van der Waals surface area (Å²) in [6, 6.07) is 11.5. The van der Waals surface area contributed by atoms with Gasteiger partial charge in [0.05, 0.1) is 10.9 Å². The molecule has 0 saturated heterocycles. The minimum Gasteiger partial charge on any atom is -0.350 e. The highest BCUT2D eigenvalue weighted by atomic mass is 32.2. The second-order valence-corrected chi connectivity index (χ2v) is 8.89. The molecule has 3 rings (SSSR count). The Morgan fingerprint density at radius 3 is 2.57 bits per heavy atom. The summed E-state index contributed by atoms with van der Waals surface area (Å²) in [6.45, 7) is 8.35. The van der Waals surface area contributed by atoms with E-state index in [4.69, 9.17) is 0 Å². The Hall–Kier alpha value is -2.67. The van der Waals surface area contributed by atoms with Crippen LogP contribution in [0.25, 0.3) is 10.9 Å². The molecule has 0 saturated carbocycles. The Labute approximate surface area is 179 Å². The first-order valence-corrected chi connectivity index (χ1v) is 11.0. The van der Waals surface area contributed by atoms with Gasteiger partial charge in [-0.05, 0) is 49.6 Å². The second-order valence-electron chi connectivity index (χ2n) is 7.94. The highest BCUT2D eigenvalue weighted by Gasteiger charge is 2.16. The number of thioether (sulfide) groups is 1. The number of rotatable bonds is 7. The number of hydrogen-bond acceptors (Lipinski definition) is 4. The van der Waals surface area contributed by atoms with Crippen molar-refractivity contribution in [2.75, 3.05) is 0 Å². The number of nitrogens with zero attached hydrogens (tertiary/aromatic N) is 2. The summed E-state index contributed by atoms with van der Waals surface area (Å²) in [4.78, 5) is 30.2. The fourth-order valence-corrected chi connectivity index (χ4v) is 4.08. The molecule has 0 radical (unpaired) electrons. The van der Waals surface area contributed by atoms with E-state index < -0.39 is 0 Å². The molecule has 0 aliphatic carbocycles. The molecular weight excluding hydrogens is 401 g/mol. The molecule has 0 unspecified atom stereocenters. The third-order valence-corrected chi connectivity index (χ3v) is 5.49. The Balaban J connectivity index is 2.04. The lowest BCUT2D eigenvalue weighted by Gasteiger charge is -2.15. The molecule has 0 fully saturated rings. The zero-order valence-corrected chi connectivity index (χ0v) is 18.4. The van der Waals surface area contributed by atoms with Gasteiger partial charge in [-0.1, -0.05) is 43.8 Å². The molecule has 2 aromatic carbocycles. The van der Waals surface area contributed by atoms with Crippen molar-refractivity contribution in [3.05, 3.63) is 69.8 Å². The van der Waals surface area contributed by atoms with Crippen LogP contribution in [0, 0.1) is 11.7 Å². The number of carbonyl (C=O) groups excluding carboxylic acids is 1. The van der Waals surface area contributed by atoms with E-state index in [0.29, 0.717) is 39.5 Å². The highest BCUT2D eigenvalue weighted by molar-refractivity contribution is 7.98. The van der Waals surface area contributed by atoms with Crippen molar-refractivity contribution in [1.82, 2.24) is 14.9 Å². The number of fused-ring (bicyclic) bond motifs is 1. The Bertz CT molecular complexity index is 1130. The molecule has 7 heteroatoms. The number of hydrogen-bond donors (Lipinski definition) is 1. The van der Waals surface area contributed by atoms with E-state index in [0.717, 1.165) is 0 Å². The van der Waals surface area contributed by atoms with E-state index >= 15 is 0 Å². The normalized spacial score (nSPS) is 11.4. The maximum atomic E-state index is 14.0. The van der Waals surface area contributed by atoms with Gasteiger partial charge < -0.3 is 5.32 Å². The van der Waals surface area contributed by atoms with E-state index in [1.807, 2.05) is 27.7 Å². The van der Waals surface area contributed by atoms with Gasteiger partial charge in [0.1, 0.15) is 5.82 Å². The Kier molecular flexibility index (Phi) is 6.92. The first-order chi connectivity index (χ1) is 14.3. The van der Waals surface area contributed by atoms with Crippen LogP contribution in [0.3, 0.4) is 0 Å². The van der Waals surface area contributed by atoms with Crippen LogP contribution in [0.1, 0.15) is 43.6 Å². The molecule has 1 amide bonds. The maximum absolute atomic E-state index is 14.0. The Morgan fingerprint density at radius 1 is 1.17 bits per heavy atom. The zero-order valence-electron chi connectivity index (χ0n) is 17.6. The lowest BCUT2D eigenvalue weighted by Crippen LogP contribution is -2.30. The lowest BCUT2D eigenvalue weighted by molar-refractivity contribution is 0.0943. The van der Waals surface area contributed by atoms with E-state index in [1.54, 1.807) is 41.0 Å². The number of nitrogens with one attached hydrogen (secondary N) is 1. The average Bonchev–Trinajstić information content (AvgIpc) is 2.68. The molecule has 1 N–H and O–H groups in total. The largest absolute Gasteiger partial charge is 0.350 e. The number of aromatic nitrogens is 2. The van der Waals surface area contributed by atoms with Crippen molar-refractivity contribution >= 4 is 28.6 Å². The first-order valence-electron chi connectivity index (χ1n) is 9.98. The van der Waals surface area contributed by atoms with Crippen LogP contribution in [0.5, 0.6) is 0 Å². The summed E-state index contributed by atoms with van der Waals surface area (Å²) in [5, 5.41) is 3.83. The maximum Gasteiger partial charge on any atom is 0.262 e. The molecule has 1 heterocycles. The van der Waals surface area contributed by atoms with Crippen molar-refractivity contribution in [3.8, 4) is 0 Å². The molecule has 0 aliphatic rings. The quantitative estimate of drug-likeness (QED) is 0.441. The van der Waals surface area contributed by atoms with Gasteiger partial charge in [-0.25, -0.2) is 9.37 Å². The monoisotopic (exact) mass is 427 g/mol. The third-order valence-electron chi connectivity index (χ3n) is 4.46. The smallest absolute Gasteiger partial charge is 0.262 e. The summed E-state index contributed by atoms with van der Waals surface area (Å²) in [5.74, 6) is 0.110. The van der Waals surface area contributed by atoms with E-state index in [1.165, 1.54) is 17.8 Å². The van der Waals surface area contributed by atoms with Gasteiger partial charge in [-0.2, -0.15) is 0 Å². The summed E-state index contributed by atoms with van der Waals surface area (Å²) >= 11 is 1.32. The fourth-order valence-electron chi connectivity index (χ4n) is 3.08.